The number of aliphatic hydroxyl groups is 1. The molecule has 0 saturated carbocycles. The Morgan fingerprint density at radius 1 is 0.867 bits per heavy atom. The summed E-state index contributed by atoms with van der Waals surface area (Å²) in [6.07, 6.45) is 3.57. The molecule has 0 spiro atoms. The molecule has 4 rings (SSSR count). The summed E-state index contributed by atoms with van der Waals surface area (Å²) >= 11 is 0. The first kappa shape index (κ1) is 20.6. The van der Waals surface area contributed by atoms with Gasteiger partial charge in [0, 0.05) is 12.6 Å². The number of para-hydroxylation sites is 1. The molecule has 3 heteroatoms. The third kappa shape index (κ3) is 4.92. The Labute approximate surface area is 179 Å². The summed E-state index contributed by atoms with van der Waals surface area (Å²) in [7, 11) is 0. The summed E-state index contributed by atoms with van der Waals surface area (Å²) < 4.78 is 5.90. The monoisotopic (exact) mass is 401 g/mol. The zero-order chi connectivity index (χ0) is 20.7. The van der Waals surface area contributed by atoms with Crippen molar-refractivity contribution in [2.75, 3.05) is 19.7 Å². The van der Waals surface area contributed by atoms with E-state index in [1.807, 2.05) is 54.6 Å². The molecule has 3 nitrogen and oxygen atoms in total. The predicted molar refractivity (Wildman–Crippen MR) is 122 cm³/mol. The predicted octanol–water partition coefficient (Wildman–Crippen LogP) is 5.05. The van der Waals surface area contributed by atoms with E-state index in [9.17, 15) is 5.11 Å². The van der Waals surface area contributed by atoms with Gasteiger partial charge >= 0.3 is 0 Å². The Balaban J connectivity index is 1.48. The lowest BCUT2D eigenvalue weighted by Crippen LogP contribution is -2.56. The van der Waals surface area contributed by atoms with E-state index in [-0.39, 0.29) is 6.04 Å². The Bertz CT molecular complexity index is 885. The number of rotatable bonds is 8. The summed E-state index contributed by atoms with van der Waals surface area (Å²) in [6, 6.07) is 30.8. The molecule has 0 bridgehead atoms. The molecule has 1 saturated heterocycles. The average Bonchev–Trinajstić information content (AvgIpc) is 2.81. The van der Waals surface area contributed by atoms with Crippen molar-refractivity contribution < 1.29 is 9.84 Å². The van der Waals surface area contributed by atoms with E-state index >= 15 is 0 Å². The largest absolute Gasteiger partial charge is 0.494 e. The fraction of sp³-hybridized carbons (Fsp3) is 0.333. The molecule has 30 heavy (non-hydrogen) atoms. The molecule has 1 aliphatic heterocycles. The summed E-state index contributed by atoms with van der Waals surface area (Å²) in [5.74, 6) is 0.915. The van der Waals surface area contributed by atoms with E-state index in [0.29, 0.717) is 6.61 Å². The summed E-state index contributed by atoms with van der Waals surface area (Å²) in [4.78, 5) is 2.47. The lowest BCUT2D eigenvalue weighted by Gasteiger charge is -2.47. The fourth-order valence-corrected chi connectivity index (χ4v) is 4.62. The smallest absolute Gasteiger partial charge is 0.119 e. The minimum absolute atomic E-state index is 0.0489. The Hall–Kier alpha value is -2.62. The van der Waals surface area contributed by atoms with Gasteiger partial charge in [0.2, 0.25) is 0 Å². The fourth-order valence-electron chi connectivity index (χ4n) is 4.62. The highest BCUT2D eigenvalue weighted by atomic mass is 16.5. The second-order valence-corrected chi connectivity index (χ2v) is 8.15. The second kappa shape index (κ2) is 9.92. The first-order chi connectivity index (χ1) is 14.8. The topological polar surface area (TPSA) is 32.7 Å². The summed E-state index contributed by atoms with van der Waals surface area (Å²) in [5.41, 5.74) is 1.45. The molecule has 1 N–H and O–H groups in total. The summed E-state index contributed by atoms with van der Waals surface area (Å²) in [5, 5.41) is 11.9. The quantitative estimate of drug-likeness (QED) is 0.536. The van der Waals surface area contributed by atoms with Crippen LogP contribution in [0.15, 0.2) is 91.0 Å². The molecule has 0 radical (unpaired) electrons. The zero-order valence-corrected chi connectivity index (χ0v) is 17.5. The van der Waals surface area contributed by atoms with Crippen LogP contribution in [-0.4, -0.2) is 35.7 Å². The highest BCUT2D eigenvalue weighted by molar-refractivity contribution is 5.28. The van der Waals surface area contributed by atoms with Gasteiger partial charge in [0.05, 0.1) is 6.61 Å². The SMILES string of the molecule is O[C@]1(c2ccccc2)CCCN(CCCOc2ccccc2)[C@@H]1Cc1ccccc1. The number of hydrogen-bond acceptors (Lipinski definition) is 3. The van der Waals surface area contributed by atoms with E-state index in [4.69, 9.17) is 4.74 Å². The molecule has 0 amide bonds. The van der Waals surface area contributed by atoms with Gasteiger partial charge in [-0.25, -0.2) is 0 Å². The van der Waals surface area contributed by atoms with Crippen molar-refractivity contribution in [1.29, 1.82) is 0 Å². The van der Waals surface area contributed by atoms with Crippen molar-refractivity contribution in [2.24, 2.45) is 0 Å². The Morgan fingerprint density at radius 3 is 2.20 bits per heavy atom. The van der Waals surface area contributed by atoms with Crippen LogP contribution >= 0.6 is 0 Å². The molecule has 3 aromatic carbocycles. The highest BCUT2D eigenvalue weighted by Gasteiger charge is 2.44. The lowest BCUT2D eigenvalue weighted by molar-refractivity contribution is -0.0874. The molecule has 3 aromatic rings. The van der Waals surface area contributed by atoms with E-state index < -0.39 is 5.60 Å². The molecular weight excluding hydrogens is 370 g/mol. The minimum Gasteiger partial charge on any atom is -0.494 e. The van der Waals surface area contributed by atoms with Crippen LogP contribution in [0.2, 0.25) is 0 Å². The van der Waals surface area contributed by atoms with Crippen molar-refractivity contribution in [3.05, 3.63) is 102 Å². The number of likely N-dealkylation sites (tertiary alicyclic amines) is 1. The van der Waals surface area contributed by atoms with Gasteiger partial charge in [0.25, 0.3) is 0 Å². The van der Waals surface area contributed by atoms with E-state index in [0.717, 1.165) is 50.1 Å². The summed E-state index contributed by atoms with van der Waals surface area (Å²) in [6.45, 7) is 2.61. The third-order valence-corrected chi connectivity index (χ3v) is 6.14. The van der Waals surface area contributed by atoms with Crippen molar-refractivity contribution >= 4 is 0 Å². The van der Waals surface area contributed by atoms with Crippen molar-refractivity contribution in [2.45, 2.75) is 37.3 Å². The Morgan fingerprint density at radius 2 is 1.50 bits per heavy atom. The van der Waals surface area contributed by atoms with E-state index in [2.05, 4.69) is 41.3 Å². The molecule has 1 fully saturated rings. The van der Waals surface area contributed by atoms with Crippen LogP contribution in [0.3, 0.4) is 0 Å². The average molecular weight is 402 g/mol. The number of nitrogens with zero attached hydrogens (tertiary/aromatic N) is 1. The lowest BCUT2D eigenvalue weighted by atomic mass is 9.76. The van der Waals surface area contributed by atoms with Gasteiger partial charge in [-0.2, -0.15) is 0 Å². The minimum atomic E-state index is -0.838. The van der Waals surface area contributed by atoms with Gasteiger partial charge in [0.15, 0.2) is 0 Å². The Kier molecular flexibility index (Phi) is 6.83. The molecule has 1 aliphatic rings. The van der Waals surface area contributed by atoms with Crippen LogP contribution in [0, 0.1) is 0 Å². The van der Waals surface area contributed by atoms with Crippen LogP contribution < -0.4 is 4.74 Å². The first-order valence-corrected chi connectivity index (χ1v) is 11.0. The maximum atomic E-state index is 11.9. The van der Waals surface area contributed by atoms with Crippen LogP contribution in [0.4, 0.5) is 0 Å². The standard InChI is InChI=1S/C27H31NO2/c29-27(24-14-6-2-7-15-24)18-10-19-28(26(27)22-23-12-4-1-5-13-23)20-11-21-30-25-16-8-3-9-17-25/h1-9,12-17,26,29H,10-11,18-22H2/t26-,27+/m1/s1. The van der Waals surface area contributed by atoms with E-state index in [1.165, 1.54) is 5.56 Å². The second-order valence-electron chi connectivity index (χ2n) is 8.15. The molecular formula is C27H31NO2. The van der Waals surface area contributed by atoms with Crippen LogP contribution in [0.5, 0.6) is 5.75 Å². The number of hydrogen-bond donors (Lipinski definition) is 1. The van der Waals surface area contributed by atoms with Gasteiger partial charge in [-0.05, 0) is 55.5 Å². The van der Waals surface area contributed by atoms with Crippen LogP contribution in [-0.2, 0) is 12.0 Å². The molecule has 1 heterocycles. The van der Waals surface area contributed by atoms with Crippen molar-refractivity contribution in [3.63, 3.8) is 0 Å². The van der Waals surface area contributed by atoms with Gasteiger partial charge in [0.1, 0.15) is 11.4 Å². The van der Waals surface area contributed by atoms with Crippen LogP contribution in [0.25, 0.3) is 0 Å². The molecule has 156 valence electrons. The number of piperidine rings is 1. The first-order valence-electron chi connectivity index (χ1n) is 11.0. The number of ether oxygens (including phenoxy) is 1. The molecule has 0 unspecified atom stereocenters. The highest BCUT2D eigenvalue weighted by Crippen LogP contribution is 2.38. The normalized spacial score (nSPS) is 22.0. The van der Waals surface area contributed by atoms with E-state index in [1.54, 1.807) is 0 Å². The van der Waals surface area contributed by atoms with Crippen molar-refractivity contribution in [1.82, 2.24) is 4.90 Å². The van der Waals surface area contributed by atoms with Gasteiger partial charge in [-0.3, -0.25) is 4.90 Å². The van der Waals surface area contributed by atoms with Gasteiger partial charge in [-0.1, -0.05) is 78.9 Å². The zero-order valence-electron chi connectivity index (χ0n) is 17.5. The number of benzene rings is 3. The van der Waals surface area contributed by atoms with Gasteiger partial charge < -0.3 is 9.84 Å². The molecule has 2 atom stereocenters. The molecule has 0 aromatic heterocycles. The van der Waals surface area contributed by atoms with Crippen molar-refractivity contribution in [3.8, 4) is 5.75 Å². The maximum absolute atomic E-state index is 11.9. The third-order valence-electron chi connectivity index (χ3n) is 6.14. The maximum Gasteiger partial charge on any atom is 0.119 e. The molecule has 0 aliphatic carbocycles. The van der Waals surface area contributed by atoms with Crippen LogP contribution in [0.1, 0.15) is 30.4 Å². The van der Waals surface area contributed by atoms with Gasteiger partial charge in [-0.15, -0.1) is 0 Å².